The molecule has 100 valence electrons. The van der Waals surface area contributed by atoms with E-state index >= 15 is 0 Å². The van der Waals surface area contributed by atoms with Gasteiger partial charge in [-0.1, -0.05) is 17.8 Å². The number of hydrogen-bond acceptors (Lipinski definition) is 5. The van der Waals surface area contributed by atoms with Crippen LogP contribution >= 0.6 is 27.7 Å². The van der Waals surface area contributed by atoms with Crippen molar-refractivity contribution in [1.82, 2.24) is 20.2 Å². The minimum absolute atomic E-state index is 0.0995. The molecule has 6 nitrogen and oxygen atoms in total. The van der Waals surface area contributed by atoms with Gasteiger partial charge in [0.05, 0.1) is 11.4 Å². The van der Waals surface area contributed by atoms with Crippen LogP contribution in [0, 0.1) is 6.92 Å². The Labute approximate surface area is 123 Å². The molecule has 0 aliphatic carbocycles. The number of carbonyl (C=O) groups is 1. The number of thioether (sulfide) groups is 1. The number of nitrogens with one attached hydrogen (secondary N) is 1. The van der Waals surface area contributed by atoms with E-state index in [0.717, 1.165) is 15.7 Å². The Morgan fingerprint density at radius 2 is 2.32 bits per heavy atom. The van der Waals surface area contributed by atoms with Crippen molar-refractivity contribution in [2.24, 2.45) is 7.05 Å². The first kappa shape index (κ1) is 14.0. The number of nitrogens with zero attached hydrogens (tertiary/aromatic N) is 4. The molecule has 0 atom stereocenters. The van der Waals surface area contributed by atoms with Crippen LogP contribution < -0.4 is 5.32 Å². The molecule has 2 rings (SSSR count). The summed E-state index contributed by atoms with van der Waals surface area (Å²) in [4.78, 5) is 11.8. The van der Waals surface area contributed by atoms with Crippen molar-refractivity contribution in [3.63, 3.8) is 0 Å². The van der Waals surface area contributed by atoms with Gasteiger partial charge in [0.1, 0.15) is 0 Å². The zero-order valence-electron chi connectivity index (χ0n) is 10.4. The van der Waals surface area contributed by atoms with Crippen LogP contribution in [0.25, 0.3) is 0 Å². The van der Waals surface area contributed by atoms with E-state index in [9.17, 15) is 4.79 Å². The third kappa shape index (κ3) is 3.77. The third-order valence-electron chi connectivity index (χ3n) is 2.31. The Hall–Kier alpha value is -1.41. The fraction of sp³-hybridized carbons (Fsp3) is 0.273. The van der Waals surface area contributed by atoms with Gasteiger partial charge in [-0.2, -0.15) is 0 Å². The summed E-state index contributed by atoms with van der Waals surface area (Å²) in [5.74, 6) is 0.159. The first-order valence-corrected chi connectivity index (χ1v) is 7.25. The normalized spacial score (nSPS) is 10.5. The molecule has 2 aromatic rings. The van der Waals surface area contributed by atoms with Gasteiger partial charge in [-0.05, 0) is 51.0 Å². The van der Waals surface area contributed by atoms with E-state index in [4.69, 9.17) is 0 Å². The molecular formula is C11H12BrN5OS. The molecule has 0 saturated carbocycles. The summed E-state index contributed by atoms with van der Waals surface area (Å²) >= 11 is 4.71. The highest BCUT2D eigenvalue weighted by molar-refractivity contribution is 9.10. The summed E-state index contributed by atoms with van der Waals surface area (Å²) in [6.45, 7) is 1.99. The molecule has 1 N–H and O–H groups in total. The Bertz CT molecular complexity index is 601. The van der Waals surface area contributed by atoms with Crippen LogP contribution in [0.5, 0.6) is 0 Å². The zero-order valence-corrected chi connectivity index (χ0v) is 12.8. The second-order valence-corrected chi connectivity index (χ2v) is 5.70. The molecular weight excluding hydrogens is 330 g/mol. The van der Waals surface area contributed by atoms with Gasteiger partial charge in [-0.3, -0.25) is 4.79 Å². The van der Waals surface area contributed by atoms with Gasteiger partial charge in [0, 0.05) is 11.5 Å². The monoisotopic (exact) mass is 341 g/mol. The standard InChI is InChI=1S/C11H12BrN5OS/c1-7-3-4-9(8(12)5-7)13-10(18)6-19-11-14-15-16-17(11)2/h3-5H,6H2,1-2H3,(H,13,18). The number of carbonyl (C=O) groups excluding carboxylic acids is 1. The van der Waals surface area contributed by atoms with E-state index in [2.05, 4.69) is 36.8 Å². The molecule has 0 spiro atoms. The van der Waals surface area contributed by atoms with Crippen molar-refractivity contribution in [3.05, 3.63) is 28.2 Å². The van der Waals surface area contributed by atoms with Crippen molar-refractivity contribution < 1.29 is 4.79 Å². The van der Waals surface area contributed by atoms with Crippen LogP contribution in [-0.4, -0.2) is 31.9 Å². The number of amides is 1. The SMILES string of the molecule is Cc1ccc(NC(=O)CSc2nnnn2C)c(Br)c1. The molecule has 1 amide bonds. The van der Waals surface area contributed by atoms with Crippen LogP contribution in [0.4, 0.5) is 5.69 Å². The minimum atomic E-state index is -0.0995. The molecule has 0 radical (unpaired) electrons. The fourth-order valence-electron chi connectivity index (χ4n) is 1.38. The average molecular weight is 342 g/mol. The van der Waals surface area contributed by atoms with Crippen molar-refractivity contribution >= 4 is 39.3 Å². The third-order valence-corrected chi connectivity index (χ3v) is 3.98. The summed E-state index contributed by atoms with van der Waals surface area (Å²) in [7, 11) is 1.73. The number of benzene rings is 1. The molecule has 19 heavy (non-hydrogen) atoms. The molecule has 1 heterocycles. The Balaban J connectivity index is 1.93. The molecule has 0 bridgehead atoms. The van der Waals surface area contributed by atoms with Gasteiger partial charge in [-0.25, -0.2) is 4.68 Å². The van der Waals surface area contributed by atoms with E-state index in [0.29, 0.717) is 5.16 Å². The van der Waals surface area contributed by atoms with Crippen LogP contribution in [0.2, 0.25) is 0 Å². The lowest BCUT2D eigenvalue weighted by Crippen LogP contribution is -2.14. The number of aryl methyl sites for hydroxylation is 2. The van der Waals surface area contributed by atoms with Gasteiger partial charge >= 0.3 is 0 Å². The molecule has 8 heteroatoms. The highest BCUT2D eigenvalue weighted by Crippen LogP contribution is 2.23. The largest absolute Gasteiger partial charge is 0.324 e. The van der Waals surface area contributed by atoms with Crippen LogP contribution in [0.3, 0.4) is 0 Å². The Kier molecular flexibility index (Phi) is 4.54. The van der Waals surface area contributed by atoms with E-state index in [-0.39, 0.29) is 11.7 Å². The van der Waals surface area contributed by atoms with Crippen LogP contribution in [-0.2, 0) is 11.8 Å². The number of tetrazole rings is 1. The maximum Gasteiger partial charge on any atom is 0.234 e. The summed E-state index contributed by atoms with van der Waals surface area (Å²) in [6.07, 6.45) is 0. The number of anilines is 1. The number of halogens is 1. The van der Waals surface area contributed by atoms with E-state index in [1.165, 1.54) is 16.4 Å². The van der Waals surface area contributed by atoms with Gasteiger partial charge in [0.2, 0.25) is 11.1 Å². The van der Waals surface area contributed by atoms with Crippen LogP contribution in [0.1, 0.15) is 5.56 Å². The predicted molar refractivity (Wildman–Crippen MR) is 77.0 cm³/mol. The van der Waals surface area contributed by atoms with E-state index in [1.54, 1.807) is 7.05 Å². The smallest absolute Gasteiger partial charge is 0.234 e. The second kappa shape index (κ2) is 6.16. The predicted octanol–water partition coefficient (Wildman–Crippen LogP) is 2.01. The lowest BCUT2D eigenvalue weighted by molar-refractivity contribution is -0.113. The van der Waals surface area contributed by atoms with E-state index < -0.39 is 0 Å². The first-order chi connectivity index (χ1) is 9.06. The lowest BCUT2D eigenvalue weighted by Gasteiger charge is -2.07. The highest BCUT2D eigenvalue weighted by atomic mass is 79.9. The van der Waals surface area contributed by atoms with Crippen molar-refractivity contribution in [2.75, 3.05) is 11.1 Å². The van der Waals surface area contributed by atoms with E-state index in [1.807, 2.05) is 25.1 Å². The van der Waals surface area contributed by atoms with Crippen molar-refractivity contribution in [2.45, 2.75) is 12.1 Å². The second-order valence-electron chi connectivity index (χ2n) is 3.91. The molecule has 0 aliphatic heterocycles. The zero-order chi connectivity index (χ0) is 13.8. The molecule has 1 aromatic heterocycles. The molecule has 0 aliphatic rings. The summed E-state index contributed by atoms with van der Waals surface area (Å²) in [6, 6.07) is 5.77. The van der Waals surface area contributed by atoms with Gasteiger partial charge in [0.15, 0.2) is 0 Å². The fourth-order valence-corrected chi connectivity index (χ4v) is 2.62. The Morgan fingerprint density at radius 3 is 2.95 bits per heavy atom. The van der Waals surface area contributed by atoms with Gasteiger partial charge in [-0.15, -0.1) is 5.10 Å². The van der Waals surface area contributed by atoms with Crippen molar-refractivity contribution in [3.8, 4) is 0 Å². The Morgan fingerprint density at radius 1 is 1.53 bits per heavy atom. The first-order valence-electron chi connectivity index (χ1n) is 5.47. The van der Waals surface area contributed by atoms with Gasteiger partial charge in [0.25, 0.3) is 0 Å². The number of hydrogen-bond donors (Lipinski definition) is 1. The highest BCUT2D eigenvalue weighted by Gasteiger charge is 2.09. The quantitative estimate of drug-likeness (QED) is 0.861. The number of aromatic nitrogens is 4. The molecule has 1 aromatic carbocycles. The summed E-state index contributed by atoms with van der Waals surface area (Å²) in [5, 5.41) is 14.5. The maximum atomic E-state index is 11.8. The molecule has 0 saturated heterocycles. The topological polar surface area (TPSA) is 72.7 Å². The molecule has 0 fully saturated rings. The number of rotatable bonds is 4. The lowest BCUT2D eigenvalue weighted by atomic mass is 10.2. The minimum Gasteiger partial charge on any atom is -0.324 e. The summed E-state index contributed by atoms with van der Waals surface area (Å²) in [5.41, 5.74) is 1.89. The molecule has 0 unspecified atom stereocenters. The van der Waals surface area contributed by atoms with Crippen molar-refractivity contribution in [1.29, 1.82) is 0 Å². The maximum absolute atomic E-state index is 11.8. The average Bonchev–Trinajstić information content (AvgIpc) is 2.76. The summed E-state index contributed by atoms with van der Waals surface area (Å²) < 4.78 is 2.39. The van der Waals surface area contributed by atoms with Gasteiger partial charge < -0.3 is 5.32 Å². The van der Waals surface area contributed by atoms with Crippen LogP contribution in [0.15, 0.2) is 27.8 Å².